The van der Waals surface area contributed by atoms with Gasteiger partial charge >= 0.3 is 12.0 Å². The van der Waals surface area contributed by atoms with Gasteiger partial charge in [0.2, 0.25) is 0 Å². The van der Waals surface area contributed by atoms with Crippen LogP contribution in [0, 0.1) is 11.3 Å². The fraction of sp³-hybridized carbons (Fsp3) is 0.571. The number of aliphatic carboxylic acids is 1. The minimum absolute atomic E-state index is 0.0920. The lowest BCUT2D eigenvalue weighted by Gasteiger charge is -2.23. The predicted molar refractivity (Wildman–Crippen MR) is 69.9 cm³/mol. The molecular formula is C14H18N2O4. The van der Waals surface area contributed by atoms with Crippen molar-refractivity contribution in [1.29, 1.82) is 0 Å². The highest BCUT2D eigenvalue weighted by Gasteiger charge is 2.55. The first-order valence-corrected chi connectivity index (χ1v) is 6.90. The fourth-order valence-corrected chi connectivity index (χ4v) is 3.48. The zero-order chi connectivity index (χ0) is 14.2. The SMILES string of the molecule is O=C(NCc1ccco1)N1C[C@@H]2CCC[C@@]2(C(=O)O)C1. The summed E-state index contributed by atoms with van der Waals surface area (Å²) in [6, 6.07) is 3.34. The second-order valence-electron chi connectivity index (χ2n) is 5.67. The van der Waals surface area contributed by atoms with E-state index in [-0.39, 0.29) is 11.9 Å². The molecule has 1 saturated heterocycles. The Bertz CT molecular complexity index is 513. The number of nitrogens with zero attached hydrogens (tertiary/aromatic N) is 1. The van der Waals surface area contributed by atoms with E-state index in [1.54, 1.807) is 23.3 Å². The number of hydrogen-bond acceptors (Lipinski definition) is 3. The van der Waals surface area contributed by atoms with Crippen molar-refractivity contribution in [3.05, 3.63) is 24.2 Å². The highest BCUT2D eigenvalue weighted by atomic mass is 16.4. The molecule has 0 spiro atoms. The molecule has 2 fully saturated rings. The Morgan fingerprint density at radius 1 is 1.55 bits per heavy atom. The number of likely N-dealkylation sites (tertiary alicyclic amines) is 1. The van der Waals surface area contributed by atoms with E-state index in [0.29, 0.717) is 31.8 Å². The van der Waals surface area contributed by atoms with Crippen LogP contribution in [0.4, 0.5) is 4.79 Å². The van der Waals surface area contributed by atoms with Crippen molar-refractivity contribution in [1.82, 2.24) is 10.2 Å². The number of carboxylic acid groups (broad SMARTS) is 1. The molecule has 0 bridgehead atoms. The maximum Gasteiger partial charge on any atom is 0.317 e. The number of urea groups is 1. The summed E-state index contributed by atoms with van der Waals surface area (Å²) in [5.74, 6) is 0.0152. The topological polar surface area (TPSA) is 82.8 Å². The summed E-state index contributed by atoms with van der Waals surface area (Å²) in [6.45, 7) is 1.18. The van der Waals surface area contributed by atoms with Crippen molar-refractivity contribution in [2.75, 3.05) is 13.1 Å². The van der Waals surface area contributed by atoms with Gasteiger partial charge in [-0.2, -0.15) is 0 Å². The molecule has 1 aromatic heterocycles. The number of carbonyl (C=O) groups excluding carboxylic acids is 1. The van der Waals surface area contributed by atoms with Gasteiger partial charge in [-0.1, -0.05) is 6.42 Å². The van der Waals surface area contributed by atoms with Gasteiger partial charge in [0.05, 0.1) is 18.2 Å². The average Bonchev–Trinajstić information content (AvgIpc) is 3.10. The van der Waals surface area contributed by atoms with Crippen LogP contribution >= 0.6 is 0 Å². The third kappa shape index (κ3) is 2.05. The zero-order valence-corrected chi connectivity index (χ0v) is 11.2. The third-order valence-electron chi connectivity index (χ3n) is 4.58. The van der Waals surface area contributed by atoms with Gasteiger partial charge in [-0.3, -0.25) is 4.79 Å². The Balaban J connectivity index is 1.62. The molecule has 108 valence electrons. The maximum atomic E-state index is 12.1. The van der Waals surface area contributed by atoms with E-state index >= 15 is 0 Å². The molecule has 2 amide bonds. The molecule has 20 heavy (non-hydrogen) atoms. The molecule has 2 atom stereocenters. The highest BCUT2D eigenvalue weighted by molar-refractivity contribution is 5.80. The van der Waals surface area contributed by atoms with Crippen LogP contribution in [0.5, 0.6) is 0 Å². The second-order valence-corrected chi connectivity index (χ2v) is 5.67. The van der Waals surface area contributed by atoms with E-state index in [1.807, 2.05) is 0 Å². The van der Waals surface area contributed by atoms with Gasteiger partial charge in [-0.25, -0.2) is 4.79 Å². The first-order chi connectivity index (χ1) is 9.62. The number of carbonyl (C=O) groups is 2. The Morgan fingerprint density at radius 3 is 3.05 bits per heavy atom. The molecule has 6 nitrogen and oxygen atoms in total. The van der Waals surface area contributed by atoms with Crippen LogP contribution in [0.1, 0.15) is 25.0 Å². The number of hydrogen-bond donors (Lipinski definition) is 2. The van der Waals surface area contributed by atoms with Crippen molar-refractivity contribution < 1.29 is 19.1 Å². The van der Waals surface area contributed by atoms with Gasteiger partial charge in [-0.15, -0.1) is 0 Å². The lowest BCUT2D eigenvalue weighted by atomic mass is 9.81. The van der Waals surface area contributed by atoms with Crippen LogP contribution in [-0.4, -0.2) is 35.1 Å². The molecule has 1 aliphatic carbocycles. The molecule has 2 heterocycles. The number of furan rings is 1. The molecule has 0 radical (unpaired) electrons. The van der Waals surface area contributed by atoms with Gasteiger partial charge in [-0.05, 0) is 30.9 Å². The molecule has 1 aromatic rings. The van der Waals surface area contributed by atoms with Crippen molar-refractivity contribution in [2.24, 2.45) is 11.3 Å². The number of rotatable bonds is 3. The second kappa shape index (κ2) is 4.85. The Morgan fingerprint density at radius 2 is 2.40 bits per heavy atom. The van der Waals surface area contributed by atoms with Crippen LogP contribution in [0.25, 0.3) is 0 Å². The molecule has 6 heteroatoms. The number of nitrogens with one attached hydrogen (secondary N) is 1. The molecule has 1 aliphatic heterocycles. The molecule has 1 saturated carbocycles. The molecule has 0 aromatic carbocycles. The first-order valence-electron chi connectivity index (χ1n) is 6.90. The molecule has 2 N–H and O–H groups in total. The highest BCUT2D eigenvalue weighted by Crippen LogP contribution is 2.48. The van der Waals surface area contributed by atoms with E-state index in [0.717, 1.165) is 12.8 Å². The summed E-state index contributed by atoms with van der Waals surface area (Å²) in [6.07, 6.45) is 4.07. The smallest absolute Gasteiger partial charge is 0.317 e. The largest absolute Gasteiger partial charge is 0.481 e. The Kier molecular flexibility index (Phi) is 3.16. The molecule has 0 unspecified atom stereocenters. The number of amides is 2. The van der Waals surface area contributed by atoms with E-state index in [9.17, 15) is 14.7 Å². The lowest BCUT2D eigenvalue weighted by molar-refractivity contribution is -0.149. The normalized spacial score (nSPS) is 28.4. The van der Waals surface area contributed by atoms with Crippen molar-refractivity contribution in [3.63, 3.8) is 0 Å². The van der Waals surface area contributed by atoms with Crippen molar-refractivity contribution >= 4 is 12.0 Å². The quantitative estimate of drug-likeness (QED) is 0.881. The van der Waals surface area contributed by atoms with Gasteiger partial charge < -0.3 is 19.7 Å². The van der Waals surface area contributed by atoms with Gasteiger partial charge in [0.1, 0.15) is 5.76 Å². The summed E-state index contributed by atoms with van der Waals surface area (Å²) < 4.78 is 5.15. The van der Waals surface area contributed by atoms with Gasteiger partial charge in [0, 0.05) is 13.1 Å². The summed E-state index contributed by atoms with van der Waals surface area (Å²) in [7, 11) is 0. The van der Waals surface area contributed by atoms with Crippen LogP contribution in [-0.2, 0) is 11.3 Å². The number of fused-ring (bicyclic) bond motifs is 1. The lowest BCUT2D eigenvalue weighted by Crippen LogP contribution is -2.41. The average molecular weight is 278 g/mol. The molecular weight excluding hydrogens is 260 g/mol. The van der Waals surface area contributed by atoms with E-state index in [4.69, 9.17) is 4.42 Å². The predicted octanol–water partition coefficient (Wildman–Crippen LogP) is 1.68. The van der Waals surface area contributed by atoms with E-state index in [1.165, 1.54) is 0 Å². The van der Waals surface area contributed by atoms with Crippen LogP contribution in [0.3, 0.4) is 0 Å². The van der Waals surface area contributed by atoms with Gasteiger partial charge in [0.15, 0.2) is 0 Å². The summed E-state index contributed by atoms with van der Waals surface area (Å²) in [4.78, 5) is 25.3. The summed E-state index contributed by atoms with van der Waals surface area (Å²) >= 11 is 0. The monoisotopic (exact) mass is 278 g/mol. The zero-order valence-electron chi connectivity index (χ0n) is 11.2. The molecule has 3 rings (SSSR count). The standard InChI is InChI=1S/C14H18N2O4/c17-12(18)14-5-1-3-10(14)8-16(9-14)13(19)15-7-11-4-2-6-20-11/h2,4,6,10H,1,3,5,7-9H2,(H,15,19)(H,17,18)/t10-,14+/m0/s1. The third-order valence-corrected chi connectivity index (χ3v) is 4.58. The summed E-state index contributed by atoms with van der Waals surface area (Å²) in [5.41, 5.74) is -0.720. The van der Waals surface area contributed by atoms with E-state index in [2.05, 4.69) is 5.32 Å². The Labute approximate surface area is 116 Å². The summed E-state index contributed by atoms with van der Waals surface area (Å²) in [5, 5.41) is 12.3. The Hall–Kier alpha value is -1.98. The molecule has 2 aliphatic rings. The number of carboxylic acids is 1. The van der Waals surface area contributed by atoms with Crippen LogP contribution < -0.4 is 5.32 Å². The fourth-order valence-electron chi connectivity index (χ4n) is 3.48. The van der Waals surface area contributed by atoms with Crippen LogP contribution in [0.2, 0.25) is 0 Å². The van der Waals surface area contributed by atoms with Crippen molar-refractivity contribution in [2.45, 2.75) is 25.8 Å². The van der Waals surface area contributed by atoms with Crippen molar-refractivity contribution in [3.8, 4) is 0 Å². The first kappa shape index (κ1) is 13.0. The minimum atomic E-state index is -0.763. The van der Waals surface area contributed by atoms with E-state index < -0.39 is 11.4 Å². The minimum Gasteiger partial charge on any atom is -0.481 e. The maximum absolute atomic E-state index is 12.1. The van der Waals surface area contributed by atoms with Crippen LogP contribution in [0.15, 0.2) is 22.8 Å². The van der Waals surface area contributed by atoms with Gasteiger partial charge in [0.25, 0.3) is 0 Å².